The number of hydrogen-bond acceptors (Lipinski definition) is 6. The third-order valence-electron chi connectivity index (χ3n) is 5.85. The van der Waals surface area contributed by atoms with Gasteiger partial charge in [0, 0.05) is 31.7 Å². The number of pyridine rings is 1. The van der Waals surface area contributed by atoms with E-state index in [1.165, 1.54) is 17.0 Å². The van der Waals surface area contributed by atoms with Gasteiger partial charge in [-0.2, -0.15) is 5.26 Å². The van der Waals surface area contributed by atoms with Crippen LogP contribution in [0.1, 0.15) is 28.4 Å². The molecule has 3 rings (SSSR count). The van der Waals surface area contributed by atoms with Crippen molar-refractivity contribution in [3.63, 3.8) is 0 Å². The standard InChI is InChI=1S/C27H29FN6O2/c1-18(34(2)25(35)16-30)17-32-27(36)23-10-11-24(22-9-4-3-7-20(22)15-29)33-26(23)31-13-12-19-6-5-8-21(28)14-19/h3-11,14,18H,12-13,16-17,30H2,1-2H3,(H,31,33)(H,32,36)/t18-/m0/s1. The number of benzene rings is 2. The number of nitrogens with zero attached hydrogens (tertiary/aromatic N) is 3. The molecule has 0 radical (unpaired) electrons. The van der Waals surface area contributed by atoms with Crippen molar-refractivity contribution in [2.24, 2.45) is 5.73 Å². The second-order valence-corrected chi connectivity index (χ2v) is 8.32. The van der Waals surface area contributed by atoms with E-state index in [4.69, 9.17) is 5.73 Å². The molecule has 0 aliphatic heterocycles. The maximum absolute atomic E-state index is 13.5. The molecular weight excluding hydrogens is 459 g/mol. The lowest BCUT2D eigenvalue weighted by Gasteiger charge is -2.24. The summed E-state index contributed by atoms with van der Waals surface area (Å²) in [4.78, 5) is 31.0. The fraction of sp³-hybridized carbons (Fsp3) is 0.259. The average Bonchev–Trinajstić information content (AvgIpc) is 2.90. The van der Waals surface area contributed by atoms with E-state index in [-0.39, 0.29) is 36.8 Å². The highest BCUT2D eigenvalue weighted by molar-refractivity contribution is 5.99. The van der Waals surface area contributed by atoms with E-state index in [1.807, 2.05) is 19.1 Å². The number of hydrogen-bond donors (Lipinski definition) is 3. The maximum atomic E-state index is 13.5. The average molecular weight is 489 g/mol. The number of nitriles is 1. The van der Waals surface area contributed by atoms with Gasteiger partial charge in [-0.3, -0.25) is 9.59 Å². The fourth-order valence-corrected chi connectivity index (χ4v) is 3.61. The number of amides is 2. The number of halogens is 1. The van der Waals surface area contributed by atoms with Gasteiger partial charge in [0.2, 0.25) is 5.91 Å². The summed E-state index contributed by atoms with van der Waals surface area (Å²) in [7, 11) is 1.63. The smallest absolute Gasteiger partial charge is 0.255 e. The molecule has 0 saturated heterocycles. The van der Waals surface area contributed by atoms with Crippen LogP contribution in [0.3, 0.4) is 0 Å². The Hall–Kier alpha value is -4.29. The topological polar surface area (TPSA) is 124 Å². The zero-order valence-electron chi connectivity index (χ0n) is 20.3. The van der Waals surface area contributed by atoms with Crippen LogP contribution in [0.25, 0.3) is 11.3 Å². The third-order valence-corrected chi connectivity index (χ3v) is 5.85. The van der Waals surface area contributed by atoms with Crippen molar-refractivity contribution in [1.29, 1.82) is 5.26 Å². The molecule has 3 aromatic rings. The number of rotatable bonds is 10. The van der Waals surface area contributed by atoms with Gasteiger partial charge >= 0.3 is 0 Å². The Kier molecular flexibility index (Phi) is 9.08. The molecule has 9 heteroatoms. The lowest BCUT2D eigenvalue weighted by molar-refractivity contribution is -0.130. The van der Waals surface area contributed by atoms with Crippen molar-refractivity contribution >= 4 is 17.6 Å². The SMILES string of the molecule is C[C@@H](CNC(=O)c1ccc(-c2ccccc2C#N)nc1NCCc1cccc(F)c1)N(C)C(=O)CN. The molecule has 0 fully saturated rings. The first kappa shape index (κ1) is 26.3. The van der Waals surface area contributed by atoms with Gasteiger partial charge in [0.1, 0.15) is 11.6 Å². The molecule has 1 aromatic heterocycles. The van der Waals surface area contributed by atoms with Crippen LogP contribution in [0.2, 0.25) is 0 Å². The molecule has 1 heterocycles. The maximum Gasteiger partial charge on any atom is 0.255 e. The van der Waals surface area contributed by atoms with Crippen LogP contribution in [0.5, 0.6) is 0 Å². The zero-order chi connectivity index (χ0) is 26.1. The predicted octanol–water partition coefficient (Wildman–Crippen LogP) is 2.95. The van der Waals surface area contributed by atoms with Crippen molar-refractivity contribution in [3.05, 3.63) is 83.2 Å². The highest BCUT2D eigenvalue weighted by atomic mass is 19.1. The molecule has 0 unspecified atom stereocenters. The molecule has 8 nitrogen and oxygen atoms in total. The fourth-order valence-electron chi connectivity index (χ4n) is 3.61. The van der Waals surface area contributed by atoms with Gasteiger partial charge in [-0.25, -0.2) is 9.37 Å². The number of nitrogens with one attached hydrogen (secondary N) is 2. The first-order valence-electron chi connectivity index (χ1n) is 11.6. The van der Waals surface area contributed by atoms with E-state index in [9.17, 15) is 19.2 Å². The van der Waals surface area contributed by atoms with E-state index in [1.54, 1.807) is 43.4 Å². The van der Waals surface area contributed by atoms with Crippen LogP contribution in [-0.4, -0.2) is 54.4 Å². The molecule has 0 spiro atoms. The summed E-state index contributed by atoms with van der Waals surface area (Å²) in [5.74, 6) is -0.559. The molecule has 0 aliphatic carbocycles. The molecule has 0 bridgehead atoms. The molecule has 1 atom stereocenters. The van der Waals surface area contributed by atoms with Crippen molar-refractivity contribution in [1.82, 2.24) is 15.2 Å². The number of nitrogens with two attached hydrogens (primary N) is 1. The molecule has 186 valence electrons. The lowest BCUT2D eigenvalue weighted by Crippen LogP contribution is -2.45. The first-order valence-corrected chi connectivity index (χ1v) is 11.6. The first-order chi connectivity index (χ1) is 17.3. The van der Waals surface area contributed by atoms with Crippen molar-refractivity contribution < 1.29 is 14.0 Å². The molecule has 0 aliphatic rings. The van der Waals surface area contributed by atoms with Crippen LogP contribution < -0.4 is 16.4 Å². The monoisotopic (exact) mass is 488 g/mol. The lowest BCUT2D eigenvalue weighted by atomic mass is 10.0. The number of likely N-dealkylation sites (N-methyl/N-ethyl adjacent to an activating group) is 1. The summed E-state index contributed by atoms with van der Waals surface area (Å²) < 4.78 is 13.5. The Labute approximate surface area is 209 Å². The summed E-state index contributed by atoms with van der Waals surface area (Å²) in [6.07, 6.45) is 0.516. The van der Waals surface area contributed by atoms with Crippen LogP contribution in [0.4, 0.5) is 10.2 Å². The van der Waals surface area contributed by atoms with E-state index < -0.39 is 0 Å². The number of aromatic nitrogens is 1. The molecule has 0 saturated carbocycles. The van der Waals surface area contributed by atoms with E-state index in [2.05, 4.69) is 21.7 Å². The van der Waals surface area contributed by atoms with E-state index >= 15 is 0 Å². The largest absolute Gasteiger partial charge is 0.369 e. The number of carbonyl (C=O) groups is 2. The molecular formula is C27H29FN6O2. The number of anilines is 1. The Bertz CT molecular complexity index is 1270. The zero-order valence-corrected chi connectivity index (χ0v) is 20.3. The van der Waals surface area contributed by atoms with Gasteiger partial charge in [-0.15, -0.1) is 0 Å². The van der Waals surface area contributed by atoms with Crippen LogP contribution in [-0.2, 0) is 11.2 Å². The second-order valence-electron chi connectivity index (χ2n) is 8.32. The summed E-state index contributed by atoms with van der Waals surface area (Å²) in [6.45, 7) is 2.34. The summed E-state index contributed by atoms with van der Waals surface area (Å²) in [5.41, 5.74) is 8.20. The quantitative estimate of drug-likeness (QED) is 0.403. The van der Waals surface area contributed by atoms with Gasteiger partial charge < -0.3 is 21.3 Å². The highest BCUT2D eigenvalue weighted by Crippen LogP contribution is 2.25. The normalized spacial score (nSPS) is 11.3. The summed E-state index contributed by atoms with van der Waals surface area (Å²) in [6, 6.07) is 18.6. The van der Waals surface area contributed by atoms with Crippen LogP contribution in [0.15, 0.2) is 60.7 Å². The van der Waals surface area contributed by atoms with Crippen molar-refractivity contribution in [2.45, 2.75) is 19.4 Å². The van der Waals surface area contributed by atoms with E-state index in [0.717, 1.165) is 5.56 Å². The molecule has 2 amide bonds. The minimum atomic E-state index is -0.365. The number of carbonyl (C=O) groups excluding carboxylic acids is 2. The van der Waals surface area contributed by atoms with Crippen molar-refractivity contribution in [3.8, 4) is 17.3 Å². The Balaban J connectivity index is 1.83. The van der Waals surface area contributed by atoms with Gasteiger partial charge in [0.25, 0.3) is 5.91 Å². The highest BCUT2D eigenvalue weighted by Gasteiger charge is 2.19. The van der Waals surface area contributed by atoms with E-state index in [0.29, 0.717) is 41.2 Å². The molecule has 2 aromatic carbocycles. The minimum Gasteiger partial charge on any atom is -0.369 e. The van der Waals surface area contributed by atoms with Gasteiger partial charge in [0.05, 0.1) is 29.4 Å². The predicted molar refractivity (Wildman–Crippen MR) is 137 cm³/mol. The third kappa shape index (κ3) is 6.64. The molecule has 36 heavy (non-hydrogen) atoms. The summed E-state index contributed by atoms with van der Waals surface area (Å²) >= 11 is 0. The summed E-state index contributed by atoms with van der Waals surface area (Å²) in [5, 5.41) is 15.5. The van der Waals surface area contributed by atoms with Gasteiger partial charge in [-0.05, 0) is 49.2 Å². The van der Waals surface area contributed by atoms with Gasteiger partial charge in [0.15, 0.2) is 0 Å². The minimum absolute atomic E-state index is 0.107. The Morgan fingerprint density at radius 2 is 1.94 bits per heavy atom. The Morgan fingerprint density at radius 3 is 2.67 bits per heavy atom. The molecule has 4 N–H and O–H groups in total. The second kappa shape index (κ2) is 12.4. The van der Waals surface area contributed by atoms with Crippen LogP contribution in [0, 0.1) is 17.1 Å². The van der Waals surface area contributed by atoms with Crippen LogP contribution >= 0.6 is 0 Å². The Morgan fingerprint density at radius 1 is 1.17 bits per heavy atom. The van der Waals surface area contributed by atoms with Gasteiger partial charge in [-0.1, -0.05) is 30.3 Å². The van der Waals surface area contributed by atoms with Crippen molar-refractivity contribution in [2.75, 3.05) is 32.0 Å².